The second-order valence-corrected chi connectivity index (χ2v) is 3.48. The fourth-order valence-corrected chi connectivity index (χ4v) is 1.22. The van der Waals surface area contributed by atoms with Gasteiger partial charge in [0.25, 0.3) is 0 Å². The molecule has 0 aliphatic carbocycles. The molecule has 0 unspecified atom stereocenters. The van der Waals surface area contributed by atoms with Crippen LogP contribution in [0.3, 0.4) is 0 Å². The maximum absolute atomic E-state index is 11.4. The summed E-state index contributed by atoms with van der Waals surface area (Å²) >= 11 is 0. The zero-order chi connectivity index (χ0) is 10.3. The third-order valence-electron chi connectivity index (χ3n) is 1.88. The van der Waals surface area contributed by atoms with Gasteiger partial charge in [-0.05, 0) is 6.42 Å². The Morgan fingerprint density at radius 1 is 1.46 bits per heavy atom. The van der Waals surface area contributed by atoms with E-state index in [4.69, 9.17) is 4.74 Å². The Hall–Kier alpha value is -0.410. The maximum atomic E-state index is 11.4. The summed E-state index contributed by atoms with van der Waals surface area (Å²) in [6.07, 6.45) is 1.36. The number of methoxy groups -OCH3 is 1. The van der Waals surface area contributed by atoms with E-state index in [-0.39, 0.29) is 11.8 Å². The highest BCUT2D eigenvalue weighted by Crippen LogP contribution is 1.99. The summed E-state index contributed by atoms with van der Waals surface area (Å²) < 4.78 is 4.96. The van der Waals surface area contributed by atoms with Gasteiger partial charge in [0.05, 0.1) is 6.04 Å². The van der Waals surface area contributed by atoms with Crippen molar-refractivity contribution < 1.29 is 9.53 Å². The molecule has 0 aromatic rings. The van der Waals surface area contributed by atoms with Crippen LogP contribution in [-0.4, -0.2) is 31.6 Å². The zero-order valence-electron chi connectivity index (χ0n) is 9.09. The second-order valence-electron chi connectivity index (χ2n) is 3.48. The Labute approximate surface area is 80.8 Å². The summed E-state index contributed by atoms with van der Waals surface area (Å²) in [5.41, 5.74) is 0. The molecule has 1 atom stereocenters. The molecule has 13 heavy (non-hydrogen) atoms. The van der Waals surface area contributed by atoms with Gasteiger partial charge in [-0.2, -0.15) is 0 Å². The van der Waals surface area contributed by atoms with Crippen LogP contribution in [0.4, 0.5) is 0 Å². The molecule has 0 amide bonds. The van der Waals surface area contributed by atoms with E-state index in [1.54, 1.807) is 7.11 Å². The molecule has 0 spiro atoms. The molecule has 78 valence electrons. The molecule has 0 aliphatic heterocycles. The molecule has 0 saturated heterocycles. The van der Waals surface area contributed by atoms with Crippen LogP contribution in [0.5, 0.6) is 0 Å². The third kappa shape index (κ3) is 5.77. The highest BCUT2D eigenvalue weighted by molar-refractivity contribution is 5.83. The molecule has 0 aromatic carbocycles. The van der Waals surface area contributed by atoms with E-state index < -0.39 is 0 Å². The van der Waals surface area contributed by atoms with Gasteiger partial charge in [0.2, 0.25) is 0 Å². The molecule has 0 rings (SSSR count). The molecular weight excluding hydrogens is 166 g/mol. The molecule has 0 heterocycles. The molecule has 0 aliphatic rings. The summed E-state index contributed by atoms with van der Waals surface area (Å²) in [7, 11) is 1.66. The van der Waals surface area contributed by atoms with Gasteiger partial charge in [-0.15, -0.1) is 0 Å². The lowest BCUT2D eigenvalue weighted by atomic mass is 10.1. The standard InChI is InChI=1S/C10H21NO2/c1-5-10(12)9(6-7-13-4)11-8(2)3/h8-9,11H,5-7H2,1-4H3/t9-/m0/s1. The Morgan fingerprint density at radius 3 is 2.46 bits per heavy atom. The van der Waals surface area contributed by atoms with Crippen LogP contribution in [0.25, 0.3) is 0 Å². The topological polar surface area (TPSA) is 38.3 Å². The quantitative estimate of drug-likeness (QED) is 0.654. The van der Waals surface area contributed by atoms with Crippen molar-refractivity contribution in [3.8, 4) is 0 Å². The predicted molar refractivity (Wildman–Crippen MR) is 53.9 cm³/mol. The monoisotopic (exact) mass is 187 g/mol. The summed E-state index contributed by atoms with van der Waals surface area (Å²) in [6.45, 7) is 6.62. The first-order valence-corrected chi connectivity index (χ1v) is 4.89. The molecular formula is C10H21NO2. The molecule has 0 saturated carbocycles. The third-order valence-corrected chi connectivity index (χ3v) is 1.88. The maximum Gasteiger partial charge on any atom is 0.149 e. The van der Waals surface area contributed by atoms with Crippen LogP contribution >= 0.6 is 0 Å². The first kappa shape index (κ1) is 12.6. The minimum Gasteiger partial charge on any atom is -0.385 e. The van der Waals surface area contributed by atoms with Crippen LogP contribution in [0.2, 0.25) is 0 Å². The number of ketones is 1. The van der Waals surface area contributed by atoms with Crippen LogP contribution in [0.15, 0.2) is 0 Å². The SMILES string of the molecule is CCC(=O)[C@H](CCOC)NC(C)C. The lowest BCUT2D eigenvalue weighted by molar-refractivity contribution is -0.121. The van der Waals surface area contributed by atoms with Crippen molar-refractivity contribution in [2.45, 2.75) is 45.7 Å². The molecule has 3 nitrogen and oxygen atoms in total. The van der Waals surface area contributed by atoms with Crippen LogP contribution in [0, 0.1) is 0 Å². The van der Waals surface area contributed by atoms with Gasteiger partial charge in [0.15, 0.2) is 0 Å². The molecule has 3 heteroatoms. The highest BCUT2D eigenvalue weighted by atomic mass is 16.5. The van der Waals surface area contributed by atoms with E-state index >= 15 is 0 Å². The van der Waals surface area contributed by atoms with Crippen LogP contribution in [-0.2, 0) is 9.53 Å². The first-order chi connectivity index (χ1) is 6.11. The van der Waals surface area contributed by atoms with Crippen molar-refractivity contribution in [1.29, 1.82) is 0 Å². The Bertz CT molecular complexity index is 146. The lowest BCUT2D eigenvalue weighted by Crippen LogP contribution is -2.41. The minimum atomic E-state index is -0.0371. The Balaban J connectivity index is 3.94. The van der Waals surface area contributed by atoms with Crippen molar-refractivity contribution in [2.75, 3.05) is 13.7 Å². The molecule has 0 bridgehead atoms. The average Bonchev–Trinajstić information content (AvgIpc) is 2.10. The number of carbonyl (C=O) groups is 1. The molecule has 0 radical (unpaired) electrons. The van der Waals surface area contributed by atoms with Gasteiger partial charge in [0.1, 0.15) is 5.78 Å². The zero-order valence-corrected chi connectivity index (χ0v) is 9.09. The van der Waals surface area contributed by atoms with E-state index in [2.05, 4.69) is 5.32 Å². The summed E-state index contributed by atoms with van der Waals surface area (Å²) in [5.74, 6) is 0.269. The second kappa shape index (κ2) is 7.04. The number of hydrogen-bond acceptors (Lipinski definition) is 3. The number of ether oxygens (including phenoxy) is 1. The normalized spacial score (nSPS) is 13.3. The van der Waals surface area contributed by atoms with Crippen molar-refractivity contribution in [1.82, 2.24) is 5.32 Å². The Kier molecular flexibility index (Phi) is 6.82. The van der Waals surface area contributed by atoms with Crippen molar-refractivity contribution >= 4 is 5.78 Å². The summed E-state index contributed by atoms with van der Waals surface area (Å²) in [4.78, 5) is 11.4. The smallest absolute Gasteiger partial charge is 0.149 e. The Morgan fingerprint density at radius 2 is 2.08 bits per heavy atom. The van der Waals surface area contributed by atoms with E-state index in [1.807, 2.05) is 20.8 Å². The summed E-state index contributed by atoms with van der Waals surface area (Å²) in [6, 6.07) is 0.308. The van der Waals surface area contributed by atoms with Gasteiger partial charge in [-0.3, -0.25) is 4.79 Å². The highest BCUT2D eigenvalue weighted by Gasteiger charge is 2.16. The first-order valence-electron chi connectivity index (χ1n) is 4.89. The van der Waals surface area contributed by atoms with Gasteiger partial charge in [-0.25, -0.2) is 0 Å². The fraction of sp³-hybridized carbons (Fsp3) is 0.900. The largest absolute Gasteiger partial charge is 0.385 e. The van der Waals surface area contributed by atoms with Crippen LogP contribution in [0.1, 0.15) is 33.6 Å². The van der Waals surface area contributed by atoms with Crippen molar-refractivity contribution in [3.63, 3.8) is 0 Å². The van der Waals surface area contributed by atoms with Gasteiger partial charge in [-0.1, -0.05) is 20.8 Å². The van der Waals surface area contributed by atoms with Gasteiger partial charge >= 0.3 is 0 Å². The molecule has 1 N–H and O–H groups in total. The molecule has 0 fully saturated rings. The number of rotatable bonds is 7. The van der Waals surface area contributed by atoms with Gasteiger partial charge in [0, 0.05) is 26.2 Å². The fourth-order valence-electron chi connectivity index (χ4n) is 1.22. The number of hydrogen-bond donors (Lipinski definition) is 1. The van der Waals surface area contributed by atoms with Crippen molar-refractivity contribution in [2.24, 2.45) is 0 Å². The number of nitrogens with one attached hydrogen (secondary N) is 1. The number of carbonyl (C=O) groups excluding carboxylic acids is 1. The van der Waals surface area contributed by atoms with Crippen LogP contribution < -0.4 is 5.32 Å². The van der Waals surface area contributed by atoms with E-state index in [0.717, 1.165) is 6.42 Å². The van der Waals surface area contributed by atoms with E-state index in [1.165, 1.54) is 0 Å². The average molecular weight is 187 g/mol. The lowest BCUT2D eigenvalue weighted by Gasteiger charge is -2.19. The number of Topliss-reactive ketones (excluding diaryl/α,β-unsaturated/α-hetero) is 1. The summed E-state index contributed by atoms with van der Waals surface area (Å²) in [5, 5.41) is 3.24. The predicted octanol–water partition coefficient (Wildman–Crippen LogP) is 1.37. The molecule has 0 aromatic heterocycles. The van der Waals surface area contributed by atoms with Gasteiger partial charge < -0.3 is 10.1 Å². The van der Waals surface area contributed by atoms with E-state index in [9.17, 15) is 4.79 Å². The minimum absolute atomic E-state index is 0.0371. The van der Waals surface area contributed by atoms with Crippen molar-refractivity contribution in [3.05, 3.63) is 0 Å². The van der Waals surface area contributed by atoms with E-state index in [0.29, 0.717) is 19.1 Å².